The monoisotopic (exact) mass is 282 g/mol. The number of ether oxygens (including phenoxy) is 1. The lowest BCUT2D eigenvalue weighted by molar-refractivity contribution is -0.141. The number of rotatable bonds is 4. The molecule has 2 aliphatic heterocycles. The molecule has 0 aromatic rings. The number of amides is 1. The van der Waals surface area contributed by atoms with Crippen LogP contribution in [-0.4, -0.2) is 49.2 Å². The topological polar surface area (TPSA) is 41.6 Å². The van der Waals surface area contributed by atoms with Gasteiger partial charge in [-0.1, -0.05) is 12.8 Å². The number of nitrogens with one attached hydrogen (secondary N) is 1. The summed E-state index contributed by atoms with van der Waals surface area (Å²) in [6.45, 7) is 7.35. The molecular formula is C16H30N2O2. The van der Waals surface area contributed by atoms with E-state index in [0.29, 0.717) is 12.0 Å². The minimum atomic E-state index is 0.128. The van der Waals surface area contributed by atoms with Crippen molar-refractivity contribution in [2.24, 2.45) is 5.92 Å². The predicted molar refractivity (Wildman–Crippen MR) is 80.7 cm³/mol. The van der Waals surface area contributed by atoms with Crippen LogP contribution >= 0.6 is 0 Å². The second-order valence-corrected chi connectivity index (χ2v) is 6.45. The van der Waals surface area contributed by atoms with Crippen molar-refractivity contribution in [3.05, 3.63) is 0 Å². The fraction of sp³-hybridized carbons (Fsp3) is 0.938. The summed E-state index contributed by atoms with van der Waals surface area (Å²) in [4.78, 5) is 14.6. The highest BCUT2D eigenvalue weighted by atomic mass is 16.5. The Hall–Kier alpha value is -0.610. The molecule has 0 saturated carbocycles. The lowest BCUT2D eigenvalue weighted by Crippen LogP contribution is -2.48. The van der Waals surface area contributed by atoms with Gasteiger partial charge in [0.05, 0.1) is 6.10 Å². The average Bonchev–Trinajstić information content (AvgIpc) is 2.71. The van der Waals surface area contributed by atoms with Crippen LogP contribution < -0.4 is 5.32 Å². The molecule has 2 rings (SSSR count). The van der Waals surface area contributed by atoms with Crippen LogP contribution in [0.15, 0.2) is 0 Å². The molecule has 4 heteroatoms. The predicted octanol–water partition coefficient (Wildman–Crippen LogP) is 2.18. The fourth-order valence-electron chi connectivity index (χ4n) is 3.48. The Morgan fingerprint density at radius 3 is 2.65 bits per heavy atom. The van der Waals surface area contributed by atoms with Crippen LogP contribution in [0.5, 0.6) is 0 Å². The van der Waals surface area contributed by atoms with Gasteiger partial charge in [-0.2, -0.15) is 0 Å². The first kappa shape index (κ1) is 15.8. The number of piperidine rings is 1. The molecule has 2 heterocycles. The van der Waals surface area contributed by atoms with Crippen molar-refractivity contribution < 1.29 is 9.53 Å². The van der Waals surface area contributed by atoms with Gasteiger partial charge in [0.2, 0.25) is 5.91 Å². The maximum atomic E-state index is 12.5. The molecule has 2 fully saturated rings. The number of hydrogen-bond acceptors (Lipinski definition) is 3. The van der Waals surface area contributed by atoms with Crippen molar-refractivity contribution in [1.29, 1.82) is 0 Å². The Morgan fingerprint density at radius 1 is 1.20 bits per heavy atom. The maximum Gasteiger partial charge on any atom is 0.248 e. The van der Waals surface area contributed by atoms with E-state index in [-0.39, 0.29) is 18.6 Å². The summed E-state index contributed by atoms with van der Waals surface area (Å²) in [5.74, 6) is 0.876. The van der Waals surface area contributed by atoms with E-state index >= 15 is 0 Å². The molecule has 0 radical (unpaired) electrons. The first-order valence-electron chi connectivity index (χ1n) is 8.30. The first-order chi connectivity index (χ1) is 9.68. The second-order valence-electron chi connectivity index (χ2n) is 6.45. The van der Waals surface area contributed by atoms with Gasteiger partial charge in [0, 0.05) is 12.6 Å². The van der Waals surface area contributed by atoms with Gasteiger partial charge in [0.25, 0.3) is 0 Å². The Kier molecular flexibility index (Phi) is 6.30. The van der Waals surface area contributed by atoms with Crippen molar-refractivity contribution in [3.8, 4) is 0 Å². The molecule has 4 nitrogen and oxygen atoms in total. The smallest absolute Gasteiger partial charge is 0.248 e. The number of carbonyl (C=O) groups excluding carboxylic acids is 1. The van der Waals surface area contributed by atoms with Crippen LogP contribution in [0.25, 0.3) is 0 Å². The number of carbonyl (C=O) groups is 1. The third-order valence-electron chi connectivity index (χ3n) is 4.59. The van der Waals surface area contributed by atoms with Gasteiger partial charge in [-0.15, -0.1) is 0 Å². The van der Waals surface area contributed by atoms with E-state index in [9.17, 15) is 4.79 Å². The lowest BCUT2D eigenvalue weighted by atomic mass is 9.87. The third-order valence-corrected chi connectivity index (χ3v) is 4.59. The zero-order valence-corrected chi connectivity index (χ0v) is 13.1. The van der Waals surface area contributed by atoms with Crippen LogP contribution in [0.4, 0.5) is 0 Å². The Bertz CT molecular complexity index is 301. The second kappa shape index (κ2) is 7.99. The van der Waals surface area contributed by atoms with Gasteiger partial charge in [-0.3, -0.25) is 4.79 Å². The quantitative estimate of drug-likeness (QED) is 0.859. The van der Waals surface area contributed by atoms with E-state index in [4.69, 9.17) is 4.74 Å². The third kappa shape index (κ3) is 4.45. The Morgan fingerprint density at radius 2 is 1.95 bits per heavy atom. The lowest BCUT2D eigenvalue weighted by Gasteiger charge is -2.38. The molecule has 0 spiro atoms. The van der Waals surface area contributed by atoms with Crippen molar-refractivity contribution in [1.82, 2.24) is 10.2 Å². The van der Waals surface area contributed by atoms with Crippen LogP contribution in [0.3, 0.4) is 0 Å². The molecule has 1 amide bonds. The minimum Gasteiger partial charge on any atom is -0.369 e. The van der Waals surface area contributed by atoms with E-state index in [1.165, 1.54) is 32.1 Å². The van der Waals surface area contributed by atoms with Gasteiger partial charge < -0.3 is 15.0 Å². The summed E-state index contributed by atoms with van der Waals surface area (Å²) in [6, 6.07) is 0.447. The molecule has 20 heavy (non-hydrogen) atoms. The highest BCUT2D eigenvalue weighted by molar-refractivity contribution is 5.77. The molecule has 1 N–H and O–H groups in total. The number of nitrogens with zero attached hydrogens (tertiary/aromatic N) is 1. The normalized spacial score (nSPS) is 25.8. The molecule has 116 valence electrons. The van der Waals surface area contributed by atoms with E-state index in [1.54, 1.807) is 0 Å². The number of hydrogen-bond donors (Lipinski definition) is 1. The summed E-state index contributed by atoms with van der Waals surface area (Å²) in [7, 11) is 0. The fourth-order valence-corrected chi connectivity index (χ4v) is 3.48. The largest absolute Gasteiger partial charge is 0.369 e. The molecule has 0 aliphatic carbocycles. The van der Waals surface area contributed by atoms with Gasteiger partial charge in [0.1, 0.15) is 6.61 Å². The standard InChI is InChI=1S/C16H30N2O2/c1-13(2)20-12-16(19)18-11-5-3-4-6-15(18)14-7-9-17-10-8-14/h13-15,17H,3-12H2,1-2H3. The van der Waals surface area contributed by atoms with E-state index in [2.05, 4.69) is 10.2 Å². The number of likely N-dealkylation sites (tertiary alicyclic amines) is 1. The summed E-state index contributed by atoms with van der Waals surface area (Å²) in [5.41, 5.74) is 0. The van der Waals surface area contributed by atoms with Gasteiger partial charge in [-0.05, 0) is 58.5 Å². The molecule has 0 bridgehead atoms. The summed E-state index contributed by atoms with van der Waals surface area (Å²) in [6.07, 6.45) is 7.40. The van der Waals surface area contributed by atoms with Gasteiger partial charge >= 0.3 is 0 Å². The maximum absolute atomic E-state index is 12.5. The summed E-state index contributed by atoms with van der Waals surface area (Å²) < 4.78 is 5.53. The van der Waals surface area contributed by atoms with Crippen molar-refractivity contribution >= 4 is 5.91 Å². The molecular weight excluding hydrogens is 252 g/mol. The van der Waals surface area contributed by atoms with Crippen molar-refractivity contribution in [2.75, 3.05) is 26.2 Å². The highest BCUT2D eigenvalue weighted by Crippen LogP contribution is 2.28. The Balaban J connectivity index is 1.98. The molecule has 0 aromatic carbocycles. The van der Waals surface area contributed by atoms with Crippen LogP contribution in [0.1, 0.15) is 52.4 Å². The average molecular weight is 282 g/mol. The van der Waals surface area contributed by atoms with Gasteiger partial charge in [-0.25, -0.2) is 0 Å². The van der Waals surface area contributed by atoms with E-state index in [0.717, 1.165) is 26.1 Å². The molecule has 2 saturated heterocycles. The highest BCUT2D eigenvalue weighted by Gasteiger charge is 2.32. The first-order valence-corrected chi connectivity index (χ1v) is 8.30. The zero-order chi connectivity index (χ0) is 14.4. The van der Waals surface area contributed by atoms with Crippen molar-refractivity contribution in [3.63, 3.8) is 0 Å². The summed E-state index contributed by atoms with van der Waals surface area (Å²) in [5, 5.41) is 3.43. The van der Waals surface area contributed by atoms with Crippen LogP contribution in [-0.2, 0) is 9.53 Å². The summed E-state index contributed by atoms with van der Waals surface area (Å²) >= 11 is 0. The zero-order valence-electron chi connectivity index (χ0n) is 13.1. The molecule has 2 aliphatic rings. The minimum absolute atomic E-state index is 0.128. The van der Waals surface area contributed by atoms with E-state index < -0.39 is 0 Å². The van der Waals surface area contributed by atoms with Crippen molar-refractivity contribution in [2.45, 2.75) is 64.5 Å². The van der Waals surface area contributed by atoms with E-state index in [1.807, 2.05) is 13.8 Å². The SMILES string of the molecule is CC(C)OCC(=O)N1CCCCCC1C1CCNCC1. The van der Waals surface area contributed by atoms with Crippen LogP contribution in [0.2, 0.25) is 0 Å². The van der Waals surface area contributed by atoms with Gasteiger partial charge in [0.15, 0.2) is 0 Å². The van der Waals surface area contributed by atoms with Crippen LogP contribution in [0, 0.1) is 5.92 Å². The molecule has 1 unspecified atom stereocenters. The molecule has 0 aromatic heterocycles. The molecule has 1 atom stereocenters. The Labute approximate surface area is 123 Å².